The van der Waals surface area contributed by atoms with Crippen LogP contribution in [0, 0.1) is 0 Å². The molecule has 1 aliphatic carbocycles. The fourth-order valence-corrected chi connectivity index (χ4v) is 8.39. The van der Waals surface area contributed by atoms with Gasteiger partial charge in [-0.25, -0.2) is 0 Å². The van der Waals surface area contributed by atoms with E-state index in [-0.39, 0.29) is 5.41 Å². The molecule has 0 saturated carbocycles. The number of para-hydroxylation sites is 1. The zero-order chi connectivity index (χ0) is 36.5. The number of anilines is 3. The lowest BCUT2D eigenvalue weighted by atomic mass is 9.82. The van der Waals surface area contributed by atoms with Crippen LogP contribution >= 0.6 is 0 Å². The minimum absolute atomic E-state index is 0.127. The number of rotatable bonds is 8. The van der Waals surface area contributed by atoms with Crippen molar-refractivity contribution < 1.29 is 0 Å². The summed E-state index contributed by atoms with van der Waals surface area (Å²) in [6.07, 6.45) is 0. The lowest BCUT2D eigenvalue weighted by Crippen LogP contribution is -2.16. The number of fused-ring (bicyclic) bond motifs is 3. The van der Waals surface area contributed by atoms with Gasteiger partial charge in [0.05, 0.1) is 11.4 Å². The second-order valence-corrected chi connectivity index (χ2v) is 14.5. The second-order valence-electron chi connectivity index (χ2n) is 14.5. The highest BCUT2D eigenvalue weighted by Crippen LogP contribution is 2.55. The minimum atomic E-state index is -0.127. The third-order valence-electron chi connectivity index (χ3n) is 10.9. The molecule has 8 aromatic carbocycles. The summed E-state index contributed by atoms with van der Waals surface area (Å²) >= 11 is 0. The number of hydrogen-bond donors (Lipinski definition) is 0. The van der Waals surface area contributed by atoms with E-state index < -0.39 is 0 Å². The van der Waals surface area contributed by atoms with Crippen molar-refractivity contribution in [2.75, 3.05) is 4.90 Å². The van der Waals surface area contributed by atoms with Gasteiger partial charge in [-0.2, -0.15) is 0 Å². The van der Waals surface area contributed by atoms with Crippen LogP contribution in [-0.4, -0.2) is 0 Å². The van der Waals surface area contributed by atoms with E-state index in [1.807, 2.05) is 0 Å². The van der Waals surface area contributed by atoms with E-state index >= 15 is 0 Å². The first-order valence-electron chi connectivity index (χ1n) is 18.8. The third kappa shape index (κ3) is 5.85. The van der Waals surface area contributed by atoms with Crippen LogP contribution in [0.1, 0.15) is 47.2 Å². The highest BCUT2D eigenvalue weighted by Gasteiger charge is 2.38. The number of hydrogen-bond acceptors (Lipinski definition) is 1. The van der Waals surface area contributed by atoms with E-state index in [4.69, 9.17) is 0 Å². The Bertz CT molecular complexity index is 2560. The second kappa shape index (κ2) is 14.0. The molecule has 0 fully saturated rings. The van der Waals surface area contributed by atoms with Gasteiger partial charge in [0.2, 0.25) is 0 Å². The molecule has 0 unspecified atom stereocenters. The zero-order valence-electron chi connectivity index (χ0n) is 30.7. The molecular weight excluding hydrogens is 651 g/mol. The lowest BCUT2D eigenvalue weighted by molar-refractivity contribution is 0.660. The SMILES string of the molecule is CC1(C)c2ccccc2-c2c(N(c3cccc(C(=C(c4ccccc4)c4ccccc4)c4ccccc4)c3)c3ccccc3-c3ccccc3)cccc21. The predicted molar refractivity (Wildman–Crippen MR) is 228 cm³/mol. The normalized spacial score (nSPS) is 12.4. The molecule has 0 bridgehead atoms. The van der Waals surface area contributed by atoms with Crippen LogP contribution in [-0.2, 0) is 5.41 Å². The average Bonchev–Trinajstić information content (AvgIpc) is 3.48. The summed E-state index contributed by atoms with van der Waals surface area (Å²) in [5.74, 6) is 0. The molecule has 0 radical (unpaired) electrons. The Kier molecular flexibility index (Phi) is 8.61. The molecule has 258 valence electrons. The Hall–Kier alpha value is -6.70. The van der Waals surface area contributed by atoms with Crippen LogP contribution in [0.15, 0.2) is 212 Å². The van der Waals surface area contributed by atoms with Crippen molar-refractivity contribution in [3.05, 3.63) is 246 Å². The maximum atomic E-state index is 2.50. The van der Waals surface area contributed by atoms with Crippen LogP contribution in [0.3, 0.4) is 0 Å². The van der Waals surface area contributed by atoms with Gasteiger partial charge in [0, 0.05) is 22.2 Å². The topological polar surface area (TPSA) is 3.24 Å². The Balaban J connectivity index is 1.35. The van der Waals surface area contributed by atoms with Crippen molar-refractivity contribution in [2.24, 2.45) is 0 Å². The van der Waals surface area contributed by atoms with Gasteiger partial charge in [-0.05, 0) is 79.9 Å². The Morgan fingerprint density at radius 1 is 0.370 bits per heavy atom. The highest BCUT2D eigenvalue weighted by molar-refractivity contribution is 6.05. The molecule has 0 atom stereocenters. The Labute approximate surface area is 319 Å². The molecule has 0 saturated heterocycles. The minimum Gasteiger partial charge on any atom is -0.309 e. The summed E-state index contributed by atoms with van der Waals surface area (Å²) in [5, 5.41) is 0. The molecule has 1 aliphatic rings. The molecular formula is C53H41N. The van der Waals surface area contributed by atoms with Gasteiger partial charge in [-0.1, -0.05) is 202 Å². The van der Waals surface area contributed by atoms with Gasteiger partial charge in [-0.3, -0.25) is 0 Å². The summed E-state index contributed by atoms with van der Waals surface area (Å²) in [6, 6.07) is 77.0. The molecule has 0 aromatic heterocycles. The van der Waals surface area contributed by atoms with Crippen molar-refractivity contribution >= 4 is 28.2 Å². The maximum absolute atomic E-state index is 2.50. The van der Waals surface area contributed by atoms with Crippen molar-refractivity contribution in [3.8, 4) is 22.3 Å². The first kappa shape index (κ1) is 33.2. The molecule has 54 heavy (non-hydrogen) atoms. The zero-order valence-corrected chi connectivity index (χ0v) is 30.7. The summed E-state index contributed by atoms with van der Waals surface area (Å²) in [5.41, 5.74) is 18.0. The number of nitrogens with zero attached hydrogens (tertiary/aromatic N) is 1. The van der Waals surface area contributed by atoms with E-state index in [0.717, 1.165) is 16.9 Å². The van der Waals surface area contributed by atoms with E-state index in [1.54, 1.807) is 0 Å². The van der Waals surface area contributed by atoms with Gasteiger partial charge < -0.3 is 4.90 Å². The first-order valence-corrected chi connectivity index (χ1v) is 18.8. The van der Waals surface area contributed by atoms with Crippen molar-refractivity contribution in [3.63, 3.8) is 0 Å². The largest absolute Gasteiger partial charge is 0.309 e. The van der Waals surface area contributed by atoms with Crippen LogP contribution in [0.2, 0.25) is 0 Å². The van der Waals surface area contributed by atoms with Gasteiger partial charge in [0.15, 0.2) is 0 Å². The van der Waals surface area contributed by atoms with E-state index in [2.05, 4.69) is 231 Å². The van der Waals surface area contributed by atoms with Gasteiger partial charge in [0.1, 0.15) is 0 Å². The standard InChI is InChI=1S/C53H41N/c1-53(2)46-33-17-15-32-45(46)52-47(53)34-20-36-49(52)54(48-35-18-16-31-44(48)38-21-7-3-8-22-38)43-30-19-29-42(37-43)51(41-27-13-6-14-28-41)50(39-23-9-4-10-24-39)40-25-11-5-12-26-40/h3-37H,1-2H3. The summed E-state index contributed by atoms with van der Waals surface area (Å²) in [7, 11) is 0. The Morgan fingerprint density at radius 2 is 0.815 bits per heavy atom. The molecule has 0 spiro atoms. The van der Waals surface area contributed by atoms with Crippen LogP contribution in [0.25, 0.3) is 33.4 Å². The maximum Gasteiger partial charge on any atom is 0.0543 e. The molecule has 0 amide bonds. The van der Waals surface area contributed by atoms with Crippen molar-refractivity contribution in [1.82, 2.24) is 0 Å². The van der Waals surface area contributed by atoms with E-state index in [0.29, 0.717) is 0 Å². The predicted octanol–water partition coefficient (Wildman–Crippen LogP) is 14.1. The van der Waals surface area contributed by atoms with Gasteiger partial charge >= 0.3 is 0 Å². The highest BCUT2D eigenvalue weighted by atomic mass is 15.1. The smallest absolute Gasteiger partial charge is 0.0543 e. The van der Waals surface area contributed by atoms with Crippen LogP contribution in [0.5, 0.6) is 0 Å². The van der Waals surface area contributed by atoms with E-state index in [9.17, 15) is 0 Å². The lowest BCUT2D eigenvalue weighted by Gasteiger charge is -2.31. The molecule has 0 N–H and O–H groups in total. The molecule has 1 heteroatoms. The summed E-state index contributed by atoms with van der Waals surface area (Å²) in [6.45, 7) is 4.71. The fraction of sp³-hybridized carbons (Fsp3) is 0.0566. The first-order chi connectivity index (χ1) is 26.6. The fourth-order valence-electron chi connectivity index (χ4n) is 8.39. The quantitative estimate of drug-likeness (QED) is 0.143. The molecule has 1 nitrogen and oxygen atoms in total. The Morgan fingerprint density at radius 3 is 1.44 bits per heavy atom. The van der Waals surface area contributed by atoms with Crippen molar-refractivity contribution in [1.29, 1.82) is 0 Å². The molecule has 8 aromatic rings. The molecule has 0 heterocycles. The number of benzene rings is 8. The van der Waals surface area contributed by atoms with Crippen LogP contribution < -0.4 is 4.90 Å². The van der Waals surface area contributed by atoms with Crippen molar-refractivity contribution in [2.45, 2.75) is 19.3 Å². The van der Waals surface area contributed by atoms with Crippen LogP contribution in [0.4, 0.5) is 17.1 Å². The monoisotopic (exact) mass is 691 g/mol. The molecule has 9 rings (SSSR count). The summed E-state index contributed by atoms with van der Waals surface area (Å²) < 4.78 is 0. The summed E-state index contributed by atoms with van der Waals surface area (Å²) in [4.78, 5) is 2.50. The van der Waals surface area contributed by atoms with E-state index in [1.165, 1.54) is 66.9 Å². The third-order valence-corrected chi connectivity index (χ3v) is 10.9. The van der Waals surface area contributed by atoms with Gasteiger partial charge in [-0.15, -0.1) is 0 Å². The molecule has 0 aliphatic heterocycles. The average molecular weight is 692 g/mol. The van der Waals surface area contributed by atoms with Gasteiger partial charge in [0.25, 0.3) is 0 Å².